The number of nitrogens with one attached hydrogen (secondary N) is 1. The zero-order valence-corrected chi connectivity index (χ0v) is 17.1. The summed E-state index contributed by atoms with van der Waals surface area (Å²) < 4.78 is 7.35. The van der Waals surface area contributed by atoms with Gasteiger partial charge in [-0.1, -0.05) is 48.5 Å². The molecule has 3 aromatic rings. The molecule has 1 aliphatic heterocycles. The van der Waals surface area contributed by atoms with Crippen LogP contribution in [0.1, 0.15) is 5.56 Å². The first-order valence-corrected chi connectivity index (χ1v) is 10.5. The molecule has 1 aromatic heterocycles. The predicted molar refractivity (Wildman–Crippen MR) is 115 cm³/mol. The number of benzene rings is 2. The van der Waals surface area contributed by atoms with Crippen LogP contribution in [0.3, 0.4) is 0 Å². The maximum absolute atomic E-state index is 13.0. The van der Waals surface area contributed by atoms with Gasteiger partial charge in [0.25, 0.3) is 0 Å². The highest BCUT2D eigenvalue weighted by Gasteiger charge is 2.53. The van der Waals surface area contributed by atoms with Crippen molar-refractivity contribution < 1.29 is 9.53 Å². The van der Waals surface area contributed by atoms with Gasteiger partial charge in [-0.15, -0.1) is 0 Å². The SMILES string of the molecule is Cn1cnc(OC(=O)N(Cc2cccc(-c3ccccc3)c2)CC2C3CNCC32)c1. The number of nitrogens with zero attached hydrogens (tertiary/aromatic N) is 3. The van der Waals surface area contributed by atoms with Crippen molar-refractivity contribution in [2.45, 2.75) is 6.54 Å². The maximum Gasteiger partial charge on any atom is 0.416 e. The topological polar surface area (TPSA) is 59.4 Å². The highest BCUT2D eigenvalue weighted by atomic mass is 16.6. The van der Waals surface area contributed by atoms with E-state index < -0.39 is 0 Å². The molecule has 154 valence electrons. The Kier molecular flexibility index (Phi) is 5.01. The normalized spacial score (nSPS) is 21.8. The number of ether oxygens (including phenoxy) is 1. The summed E-state index contributed by atoms with van der Waals surface area (Å²) in [6, 6.07) is 18.7. The molecule has 2 aliphatic rings. The summed E-state index contributed by atoms with van der Waals surface area (Å²) in [7, 11) is 1.86. The van der Waals surface area contributed by atoms with Crippen molar-refractivity contribution in [2.24, 2.45) is 24.8 Å². The van der Waals surface area contributed by atoms with E-state index in [1.165, 1.54) is 5.56 Å². The molecule has 0 radical (unpaired) electrons. The largest absolute Gasteiger partial charge is 0.416 e. The molecule has 6 nitrogen and oxygen atoms in total. The molecular weight excluding hydrogens is 376 g/mol. The second-order valence-corrected chi connectivity index (χ2v) is 8.34. The van der Waals surface area contributed by atoms with E-state index in [9.17, 15) is 4.79 Å². The van der Waals surface area contributed by atoms with Crippen molar-refractivity contribution in [1.29, 1.82) is 0 Å². The van der Waals surface area contributed by atoms with Crippen molar-refractivity contribution in [1.82, 2.24) is 19.8 Å². The quantitative estimate of drug-likeness (QED) is 0.685. The van der Waals surface area contributed by atoms with Crippen molar-refractivity contribution in [2.75, 3.05) is 19.6 Å². The average molecular weight is 402 g/mol. The first kappa shape index (κ1) is 18.9. The second kappa shape index (κ2) is 7.95. The molecule has 0 bridgehead atoms. The Morgan fingerprint density at radius 1 is 1.13 bits per heavy atom. The first-order valence-electron chi connectivity index (χ1n) is 10.5. The molecule has 1 saturated heterocycles. The van der Waals surface area contributed by atoms with E-state index in [1.807, 2.05) is 30.1 Å². The Morgan fingerprint density at radius 3 is 2.63 bits per heavy atom. The predicted octanol–water partition coefficient (Wildman–Crippen LogP) is 3.55. The molecule has 1 aliphatic carbocycles. The minimum absolute atomic E-state index is 0.336. The molecule has 1 N–H and O–H groups in total. The van der Waals surface area contributed by atoms with Crippen LogP contribution in [0.2, 0.25) is 0 Å². The van der Waals surface area contributed by atoms with E-state index in [0.29, 0.717) is 30.2 Å². The lowest BCUT2D eigenvalue weighted by molar-refractivity contribution is 0.143. The average Bonchev–Trinajstić information content (AvgIpc) is 3.10. The van der Waals surface area contributed by atoms with Crippen LogP contribution in [0, 0.1) is 17.8 Å². The minimum Gasteiger partial charge on any atom is -0.389 e. The Morgan fingerprint density at radius 2 is 1.90 bits per heavy atom. The summed E-state index contributed by atoms with van der Waals surface area (Å²) in [4.78, 5) is 19.0. The lowest BCUT2D eigenvalue weighted by atomic mass is 10.0. The smallest absolute Gasteiger partial charge is 0.389 e. The number of imidazole rings is 1. The second-order valence-electron chi connectivity index (χ2n) is 8.34. The van der Waals surface area contributed by atoms with Crippen LogP contribution in [0.5, 0.6) is 5.88 Å². The third-order valence-corrected chi connectivity index (χ3v) is 6.24. The Balaban J connectivity index is 1.34. The number of hydrogen-bond donors (Lipinski definition) is 1. The number of rotatable bonds is 6. The monoisotopic (exact) mass is 402 g/mol. The van der Waals surface area contributed by atoms with Gasteiger partial charge in [0.1, 0.15) is 0 Å². The fraction of sp³-hybridized carbons (Fsp3) is 0.333. The first-order chi connectivity index (χ1) is 14.7. The van der Waals surface area contributed by atoms with Crippen molar-refractivity contribution >= 4 is 6.09 Å². The molecule has 1 amide bonds. The fourth-order valence-corrected chi connectivity index (χ4v) is 4.57. The summed E-state index contributed by atoms with van der Waals surface area (Å²) in [5.41, 5.74) is 3.42. The highest BCUT2D eigenvalue weighted by Crippen LogP contribution is 2.49. The van der Waals surface area contributed by atoms with Gasteiger partial charge in [-0.05, 0) is 53.6 Å². The zero-order chi connectivity index (χ0) is 20.5. The summed E-state index contributed by atoms with van der Waals surface area (Å²) in [6.07, 6.45) is 3.01. The molecule has 2 atom stereocenters. The lowest BCUT2D eigenvalue weighted by Crippen LogP contribution is -2.36. The van der Waals surface area contributed by atoms with Gasteiger partial charge in [0.15, 0.2) is 0 Å². The summed E-state index contributed by atoms with van der Waals surface area (Å²) in [5.74, 6) is 2.26. The van der Waals surface area contributed by atoms with Gasteiger partial charge in [-0.2, -0.15) is 0 Å². The number of aryl methyl sites for hydroxylation is 1. The standard InChI is InChI=1S/C24H26N4O2/c1-27-15-23(26-16-27)30-24(29)28(14-22-20-11-25-12-21(20)22)13-17-6-5-9-19(10-17)18-7-3-2-4-8-18/h2-10,15-16,20-22,25H,11-14H2,1H3. The molecule has 2 unspecified atom stereocenters. The van der Waals surface area contributed by atoms with Crippen LogP contribution in [0.25, 0.3) is 11.1 Å². The van der Waals surface area contributed by atoms with E-state index in [2.05, 4.69) is 46.7 Å². The summed E-state index contributed by atoms with van der Waals surface area (Å²) in [6.45, 7) is 3.36. The van der Waals surface area contributed by atoms with Crippen molar-refractivity contribution in [3.05, 3.63) is 72.7 Å². The third kappa shape index (κ3) is 3.96. The number of piperidine rings is 1. The highest BCUT2D eigenvalue weighted by molar-refractivity contribution is 5.70. The number of aromatic nitrogens is 2. The molecular formula is C24H26N4O2. The van der Waals surface area contributed by atoms with Gasteiger partial charge >= 0.3 is 6.09 Å². The van der Waals surface area contributed by atoms with Crippen LogP contribution in [-0.2, 0) is 13.6 Å². The van der Waals surface area contributed by atoms with Gasteiger partial charge in [-0.3, -0.25) is 0 Å². The fourth-order valence-electron chi connectivity index (χ4n) is 4.57. The van der Waals surface area contributed by atoms with E-state index >= 15 is 0 Å². The number of amides is 1. The Hall–Kier alpha value is -3.12. The number of hydrogen-bond acceptors (Lipinski definition) is 4. The lowest BCUT2D eigenvalue weighted by Gasteiger charge is -2.23. The van der Waals surface area contributed by atoms with Crippen LogP contribution in [0.4, 0.5) is 4.79 Å². The molecule has 0 spiro atoms. The number of fused-ring (bicyclic) bond motifs is 1. The molecule has 30 heavy (non-hydrogen) atoms. The number of carbonyl (C=O) groups is 1. The molecule has 5 rings (SSSR count). The van der Waals surface area contributed by atoms with Gasteiger partial charge in [0.2, 0.25) is 5.88 Å². The van der Waals surface area contributed by atoms with Crippen LogP contribution in [0.15, 0.2) is 67.1 Å². The van der Waals surface area contributed by atoms with E-state index in [-0.39, 0.29) is 6.09 Å². The Labute approximate surface area is 176 Å². The Bertz CT molecular complexity index is 1020. The zero-order valence-electron chi connectivity index (χ0n) is 17.1. The van der Waals surface area contributed by atoms with Crippen molar-refractivity contribution in [3.63, 3.8) is 0 Å². The number of carbonyl (C=O) groups excluding carboxylic acids is 1. The molecule has 2 fully saturated rings. The van der Waals surface area contributed by atoms with Crippen molar-refractivity contribution in [3.8, 4) is 17.0 Å². The minimum atomic E-state index is -0.336. The van der Waals surface area contributed by atoms with Crippen LogP contribution in [-0.4, -0.2) is 40.2 Å². The van der Waals surface area contributed by atoms with E-state index in [4.69, 9.17) is 4.74 Å². The van der Waals surface area contributed by atoms with Gasteiger partial charge in [-0.25, -0.2) is 9.78 Å². The van der Waals surface area contributed by atoms with Gasteiger partial charge < -0.3 is 19.5 Å². The van der Waals surface area contributed by atoms with E-state index in [0.717, 1.165) is 30.8 Å². The summed E-state index contributed by atoms with van der Waals surface area (Å²) in [5, 5.41) is 3.42. The van der Waals surface area contributed by atoms with Crippen LogP contribution >= 0.6 is 0 Å². The molecule has 2 heterocycles. The molecule has 1 saturated carbocycles. The summed E-state index contributed by atoms with van der Waals surface area (Å²) >= 11 is 0. The third-order valence-electron chi connectivity index (χ3n) is 6.24. The van der Waals surface area contributed by atoms with Gasteiger partial charge in [0, 0.05) is 20.1 Å². The maximum atomic E-state index is 13.0. The molecule has 6 heteroatoms. The van der Waals surface area contributed by atoms with E-state index in [1.54, 1.807) is 17.1 Å². The van der Waals surface area contributed by atoms with Gasteiger partial charge in [0.05, 0.1) is 12.5 Å². The van der Waals surface area contributed by atoms with Crippen LogP contribution < -0.4 is 10.1 Å². The molecule has 2 aromatic carbocycles.